The van der Waals surface area contributed by atoms with Gasteiger partial charge in [-0.3, -0.25) is 4.79 Å². The Morgan fingerprint density at radius 2 is 1.96 bits per heavy atom. The van der Waals surface area contributed by atoms with Gasteiger partial charge in [0.15, 0.2) is 8.32 Å². The van der Waals surface area contributed by atoms with E-state index >= 15 is 0 Å². The highest BCUT2D eigenvalue weighted by Crippen LogP contribution is 2.49. The summed E-state index contributed by atoms with van der Waals surface area (Å²) >= 11 is 0. The molecule has 8 heteroatoms. The standard InChI is InChI=1S/C20H36O7Si/c1-14(21)26-20-11-16(25-18(20)22)15(9-8-10-24-13-23-5)17(12-20)27-28(6,7)19(2,3)4/h15-17H,8-13H2,1-7H3/t15?,16-,17-,20-/m1/s1. The van der Waals surface area contributed by atoms with Crippen LogP contribution in [-0.4, -0.2) is 58.6 Å². The van der Waals surface area contributed by atoms with E-state index < -0.39 is 25.9 Å². The van der Waals surface area contributed by atoms with Gasteiger partial charge in [0.2, 0.25) is 5.60 Å². The number of carbonyl (C=O) groups is 2. The molecule has 2 fully saturated rings. The second-order valence-corrected chi connectivity index (χ2v) is 14.2. The summed E-state index contributed by atoms with van der Waals surface area (Å²) in [6.45, 7) is 13.1. The van der Waals surface area contributed by atoms with Crippen molar-refractivity contribution >= 4 is 20.3 Å². The molecule has 1 saturated heterocycles. The van der Waals surface area contributed by atoms with Gasteiger partial charge in [-0.15, -0.1) is 0 Å². The lowest BCUT2D eigenvalue weighted by molar-refractivity contribution is -0.173. The van der Waals surface area contributed by atoms with Gasteiger partial charge in [0, 0.05) is 39.4 Å². The molecule has 1 aliphatic heterocycles. The molecule has 0 amide bonds. The number of hydrogen-bond acceptors (Lipinski definition) is 7. The van der Waals surface area contributed by atoms with E-state index in [1.54, 1.807) is 7.11 Å². The number of hydrogen-bond donors (Lipinski definition) is 0. The van der Waals surface area contributed by atoms with E-state index in [0.717, 1.165) is 12.8 Å². The Labute approximate surface area is 169 Å². The Morgan fingerprint density at radius 3 is 2.54 bits per heavy atom. The highest BCUT2D eigenvalue weighted by molar-refractivity contribution is 6.74. The van der Waals surface area contributed by atoms with Crippen molar-refractivity contribution in [2.24, 2.45) is 5.92 Å². The molecule has 1 saturated carbocycles. The van der Waals surface area contributed by atoms with Gasteiger partial charge in [0.1, 0.15) is 12.9 Å². The normalized spacial score (nSPS) is 30.2. The maximum atomic E-state index is 12.6. The highest BCUT2D eigenvalue weighted by atomic mass is 28.4. The van der Waals surface area contributed by atoms with Crippen molar-refractivity contribution in [3.8, 4) is 0 Å². The molecule has 7 nitrogen and oxygen atoms in total. The zero-order valence-corrected chi connectivity index (χ0v) is 19.3. The first-order valence-electron chi connectivity index (χ1n) is 10.1. The van der Waals surface area contributed by atoms with Crippen molar-refractivity contribution in [3.05, 3.63) is 0 Å². The van der Waals surface area contributed by atoms with E-state index in [0.29, 0.717) is 19.4 Å². The Bertz CT molecular complexity index is 571. The smallest absolute Gasteiger partial charge is 0.351 e. The maximum Gasteiger partial charge on any atom is 0.351 e. The van der Waals surface area contributed by atoms with Gasteiger partial charge < -0.3 is 23.4 Å². The first kappa shape index (κ1) is 23.3. The molecule has 4 atom stereocenters. The Morgan fingerprint density at radius 1 is 1.29 bits per heavy atom. The van der Waals surface area contributed by atoms with Gasteiger partial charge in [0.05, 0.1) is 6.10 Å². The minimum Gasteiger partial charge on any atom is -0.459 e. The summed E-state index contributed by atoms with van der Waals surface area (Å²) < 4.78 is 28.2. The molecule has 1 heterocycles. The molecule has 2 bridgehead atoms. The third-order valence-corrected chi connectivity index (χ3v) is 10.8. The minimum absolute atomic E-state index is 0.0368. The summed E-state index contributed by atoms with van der Waals surface area (Å²) in [5.41, 5.74) is -1.20. The van der Waals surface area contributed by atoms with Gasteiger partial charge in [-0.2, -0.15) is 0 Å². The Hall–Kier alpha value is -0.963. The number of fused-ring (bicyclic) bond motifs is 2. The van der Waals surface area contributed by atoms with Crippen LogP contribution in [0.25, 0.3) is 0 Å². The van der Waals surface area contributed by atoms with Crippen LogP contribution >= 0.6 is 0 Å². The second-order valence-electron chi connectivity index (χ2n) is 9.48. The Balaban J connectivity index is 2.19. The molecular weight excluding hydrogens is 380 g/mol. The molecule has 0 spiro atoms. The van der Waals surface area contributed by atoms with E-state index in [1.807, 2.05) is 0 Å². The summed E-state index contributed by atoms with van der Waals surface area (Å²) in [4.78, 5) is 24.3. The van der Waals surface area contributed by atoms with E-state index in [4.69, 9.17) is 23.4 Å². The molecule has 0 aromatic carbocycles. The zero-order valence-electron chi connectivity index (χ0n) is 18.3. The number of carbonyl (C=O) groups excluding carboxylic acids is 2. The number of ether oxygens (including phenoxy) is 4. The topological polar surface area (TPSA) is 80.3 Å². The van der Waals surface area contributed by atoms with E-state index in [2.05, 4.69) is 33.9 Å². The van der Waals surface area contributed by atoms with Gasteiger partial charge in [-0.25, -0.2) is 4.79 Å². The fourth-order valence-electron chi connectivity index (χ4n) is 3.84. The van der Waals surface area contributed by atoms with Crippen LogP contribution in [0.3, 0.4) is 0 Å². The van der Waals surface area contributed by atoms with Crippen LogP contribution in [0.5, 0.6) is 0 Å². The predicted octanol–water partition coefficient (Wildman–Crippen LogP) is 3.41. The molecule has 0 aromatic heterocycles. The fourth-order valence-corrected chi connectivity index (χ4v) is 5.20. The van der Waals surface area contributed by atoms with Gasteiger partial charge in [-0.1, -0.05) is 20.8 Å². The van der Waals surface area contributed by atoms with Gasteiger partial charge in [-0.05, 0) is 31.0 Å². The third-order valence-electron chi connectivity index (χ3n) is 6.27. The summed E-state index contributed by atoms with van der Waals surface area (Å²) in [7, 11) is -0.485. The fraction of sp³-hybridized carbons (Fsp3) is 0.900. The maximum absolute atomic E-state index is 12.6. The molecular formula is C20H36O7Si. The van der Waals surface area contributed by atoms with Crippen LogP contribution in [0.2, 0.25) is 18.1 Å². The molecule has 2 aliphatic rings. The Kier molecular flexibility index (Phi) is 7.34. The molecule has 2 rings (SSSR count). The second kappa shape index (κ2) is 8.81. The van der Waals surface area contributed by atoms with Gasteiger partial charge in [0.25, 0.3) is 0 Å². The number of methoxy groups -OCH3 is 1. The van der Waals surface area contributed by atoms with Crippen LogP contribution in [0.15, 0.2) is 0 Å². The van der Waals surface area contributed by atoms with Crippen molar-refractivity contribution in [2.45, 2.75) is 89.3 Å². The molecule has 0 aromatic rings. The molecule has 0 radical (unpaired) electrons. The summed E-state index contributed by atoms with van der Waals surface area (Å²) in [5, 5.41) is 0.0368. The quantitative estimate of drug-likeness (QED) is 0.247. The largest absolute Gasteiger partial charge is 0.459 e. The number of esters is 2. The van der Waals surface area contributed by atoms with Crippen LogP contribution in [0.1, 0.15) is 53.4 Å². The van der Waals surface area contributed by atoms with Crippen molar-refractivity contribution in [1.82, 2.24) is 0 Å². The van der Waals surface area contributed by atoms with Gasteiger partial charge >= 0.3 is 11.9 Å². The summed E-state index contributed by atoms with van der Waals surface area (Å²) in [5.74, 6) is -0.833. The molecule has 1 unspecified atom stereocenters. The lowest BCUT2D eigenvalue weighted by Crippen LogP contribution is -2.54. The van der Waals surface area contributed by atoms with Crippen molar-refractivity contribution in [1.29, 1.82) is 0 Å². The first-order valence-corrected chi connectivity index (χ1v) is 13.0. The monoisotopic (exact) mass is 416 g/mol. The average Bonchev–Trinajstić information content (AvgIpc) is 2.79. The SMILES string of the molecule is COCOCCCC1[C@H]2C[C@@](OC(C)=O)(C[C@H]1O[Si](C)(C)C(C)(C)C)C(=O)O2. The lowest BCUT2D eigenvalue weighted by atomic mass is 9.75. The van der Waals surface area contributed by atoms with Crippen LogP contribution in [0, 0.1) is 5.92 Å². The summed E-state index contributed by atoms with van der Waals surface area (Å²) in [6.07, 6.45) is 1.92. The summed E-state index contributed by atoms with van der Waals surface area (Å²) in [6, 6.07) is 0. The van der Waals surface area contributed by atoms with Crippen molar-refractivity contribution in [2.75, 3.05) is 20.5 Å². The van der Waals surface area contributed by atoms with Crippen LogP contribution in [-0.2, 0) is 33.0 Å². The minimum atomic E-state index is -2.08. The van der Waals surface area contributed by atoms with E-state index in [-0.39, 0.29) is 30.0 Å². The first-order chi connectivity index (χ1) is 12.9. The highest BCUT2D eigenvalue weighted by Gasteiger charge is 2.61. The third kappa shape index (κ3) is 5.14. The average molecular weight is 417 g/mol. The van der Waals surface area contributed by atoms with Crippen molar-refractivity contribution in [3.63, 3.8) is 0 Å². The molecule has 28 heavy (non-hydrogen) atoms. The van der Waals surface area contributed by atoms with Crippen LogP contribution in [0.4, 0.5) is 0 Å². The van der Waals surface area contributed by atoms with Crippen LogP contribution < -0.4 is 0 Å². The van der Waals surface area contributed by atoms with E-state index in [1.165, 1.54) is 6.92 Å². The van der Waals surface area contributed by atoms with Crippen molar-refractivity contribution < 1.29 is 33.0 Å². The zero-order chi connectivity index (χ0) is 21.2. The lowest BCUT2D eigenvalue weighted by Gasteiger charge is -2.45. The molecule has 1 aliphatic carbocycles. The van der Waals surface area contributed by atoms with E-state index in [9.17, 15) is 9.59 Å². The predicted molar refractivity (Wildman–Crippen MR) is 106 cm³/mol. The molecule has 162 valence electrons. The molecule has 0 N–H and O–H groups in total. The number of rotatable bonds is 9.